The lowest BCUT2D eigenvalue weighted by Gasteiger charge is -2.19. The van der Waals surface area contributed by atoms with Crippen molar-refractivity contribution in [2.24, 2.45) is 0 Å². The third-order valence-electron chi connectivity index (χ3n) is 2.91. The van der Waals surface area contributed by atoms with Gasteiger partial charge in [-0.15, -0.1) is 0 Å². The molecule has 0 amide bonds. The minimum Gasteiger partial charge on any atom is -0.495 e. The SMILES string of the molecule is COc1ccc(Cl)cc1NC(C)c1ccccc1Br. The Kier molecular flexibility index (Phi) is 4.72. The summed E-state index contributed by atoms with van der Waals surface area (Å²) >= 11 is 9.59. The van der Waals surface area contributed by atoms with E-state index >= 15 is 0 Å². The van der Waals surface area contributed by atoms with Crippen molar-refractivity contribution < 1.29 is 4.74 Å². The maximum atomic E-state index is 6.03. The molecule has 0 aliphatic carbocycles. The fourth-order valence-corrected chi connectivity index (χ4v) is 2.73. The van der Waals surface area contributed by atoms with Gasteiger partial charge in [0.1, 0.15) is 5.75 Å². The van der Waals surface area contributed by atoms with Crippen molar-refractivity contribution in [3.05, 3.63) is 57.5 Å². The molecular weight excluding hydrogens is 326 g/mol. The molecule has 2 aromatic rings. The van der Waals surface area contributed by atoms with E-state index in [1.165, 1.54) is 5.56 Å². The van der Waals surface area contributed by atoms with Crippen LogP contribution in [0.4, 0.5) is 5.69 Å². The summed E-state index contributed by atoms with van der Waals surface area (Å²) in [4.78, 5) is 0. The van der Waals surface area contributed by atoms with Crippen molar-refractivity contribution >= 4 is 33.2 Å². The Labute approximate surface area is 126 Å². The summed E-state index contributed by atoms with van der Waals surface area (Å²) in [5, 5.41) is 4.10. The number of benzene rings is 2. The van der Waals surface area contributed by atoms with Gasteiger partial charge in [-0.1, -0.05) is 45.7 Å². The maximum Gasteiger partial charge on any atom is 0.142 e. The van der Waals surface area contributed by atoms with E-state index in [0.29, 0.717) is 5.02 Å². The van der Waals surface area contributed by atoms with Gasteiger partial charge in [-0.25, -0.2) is 0 Å². The van der Waals surface area contributed by atoms with Crippen LogP contribution < -0.4 is 10.1 Å². The van der Waals surface area contributed by atoms with Crippen LogP contribution in [-0.4, -0.2) is 7.11 Å². The van der Waals surface area contributed by atoms with Crippen molar-refractivity contribution in [3.63, 3.8) is 0 Å². The molecule has 0 bridgehead atoms. The minimum absolute atomic E-state index is 0.142. The minimum atomic E-state index is 0.142. The second-order valence-corrected chi connectivity index (χ2v) is 5.52. The summed E-state index contributed by atoms with van der Waals surface area (Å²) in [6, 6.07) is 13.8. The highest BCUT2D eigenvalue weighted by Gasteiger charge is 2.11. The van der Waals surface area contributed by atoms with Crippen LogP contribution in [-0.2, 0) is 0 Å². The van der Waals surface area contributed by atoms with Crippen molar-refractivity contribution in [1.29, 1.82) is 0 Å². The van der Waals surface area contributed by atoms with Crippen LogP contribution in [0.5, 0.6) is 5.75 Å². The van der Waals surface area contributed by atoms with Gasteiger partial charge in [-0.05, 0) is 36.8 Å². The Morgan fingerprint density at radius 1 is 1.21 bits per heavy atom. The van der Waals surface area contributed by atoms with Crippen molar-refractivity contribution in [2.45, 2.75) is 13.0 Å². The lowest BCUT2D eigenvalue weighted by molar-refractivity contribution is 0.416. The summed E-state index contributed by atoms with van der Waals surface area (Å²) in [5.74, 6) is 0.781. The molecule has 0 saturated heterocycles. The first kappa shape index (κ1) is 14.2. The van der Waals surface area contributed by atoms with Gasteiger partial charge in [0, 0.05) is 15.5 Å². The van der Waals surface area contributed by atoms with Crippen LogP contribution in [0.3, 0.4) is 0 Å². The maximum absolute atomic E-state index is 6.03. The van der Waals surface area contributed by atoms with Crippen LogP contribution in [0.1, 0.15) is 18.5 Å². The molecule has 0 spiro atoms. The highest BCUT2D eigenvalue weighted by atomic mass is 79.9. The predicted molar refractivity (Wildman–Crippen MR) is 84.2 cm³/mol. The summed E-state index contributed by atoms with van der Waals surface area (Å²) < 4.78 is 6.41. The smallest absolute Gasteiger partial charge is 0.142 e. The first-order valence-corrected chi connectivity index (χ1v) is 7.13. The summed E-state index contributed by atoms with van der Waals surface area (Å²) in [5.41, 5.74) is 2.07. The number of anilines is 1. The molecule has 1 atom stereocenters. The number of ether oxygens (including phenoxy) is 1. The second kappa shape index (κ2) is 6.31. The first-order chi connectivity index (χ1) is 9.11. The van der Waals surface area contributed by atoms with Gasteiger partial charge in [0.15, 0.2) is 0 Å². The Hall–Kier alpha value is -1.19. The zero-order valence-corrected chi connectivity index (χ0v) is 13.1. The monoisotopic (exact) mass is 339 g/mol. The van der Waals surface area contributed by atoms with Gasteiger partial charge in [0.2, 0.25) is 0 Å². The van der Waals surface area contributed by atoms with Crippen molar-refractivity contribution in [1.82, 2.24) is 0 Å². The molecule has 1 N–H and O–H groups in total. The van der Waals surface area contributed by atoms with Crippen LogP contribution in [0.25, 0.3) is 0 Å². The van der Waals surface area contributed by atoms with Crippen LogP contribution >= 0.6 is 27.5 Å². The molecule has 4 heteroatoms. The Bertz CT molecular complexity index is 574. The fraction of sp³-hybridized carbons (Fsp3) is 0.200. The van der Waals surface area contributed by atoms with Crippen LogP contribution in [0.15, 0.2) is 46.9 Å². The number of rotatable bonds is 4. The highest BCUT2D eigenvalue weighted by Crippen LogP contribution is 2.32. The molecule has 1 unspecified atom stereocenters. The van der Waals surface area contributed by atoms with E-state index in [1.807, 2.05) is 36.4 Å². The lowest BCUT2D eigenvalue weighted by atomic mass is 10.1. The van der Waals surface area contributed by atoms with Gasteiger partial charge in [-0.3, -0.25) is 0 Å². The zero-order chi connectivity index (χ0) is 13.8. The van der Waals surface area contributed by atoms with E-state index < -0.39 is 0 Å². The van der Waals surface area contributed by atoms with E-state index in [2.05, 4.69) is 34.2 Å². The second-order valence-electron chi connectivity index (χ2n) is 4.23. The van der Waals surface area contributed by atoms with E-state index in [4.69, 9.17) is 16.3 Å². The third kappa shape index (κ3) is 3.43. The summed E-state index contributed by atoms with van der Waals surface area (Å²) in [7, 11) is 1.65. The Balaban J connectivity index is 2.26. The molecule has 19 heavy (non-hydrogen) atoms. The molecule has 0 aromatic heterocycles. The standard InChI is InChI=1S/C15H15BrClNO/c1-10(12-5-3-4-6-13(12)16)18-14-9-11(17)7-8-15(14)19-2/h3-10,18H,1-2H3. The lowest BCUT2D eigenvalue weighted by Crippen LogP contribution is -2.08. The van der Waals surface area contributed by atoms with Gasteiger partial charge >= 0.3 is 0 Å². The molecule has 100 valence electrons. The normalized spacial score (nSPS) is 12.0. The molecule has 2 aromatic carbocycles. The van der Waals surface area contributed by atoms with Crippen molar-refractivity contribution in [2.75, 3.05) is 12.4 Å². The van der Waals surface area contributed by atoms with Gasteiger partial charge in [-0.2, -0.15) is 0 Å². The first-order valence-electron chi connectivity index (χ1n) is 5.96. The quantitative estimate of drug-likeness (QED) is 0.817. The van der Waals surface area contributed by atoms with E-state index in [1.54, 1.807) is 7.11 Å². The molecule has 0 fully saturated rings. The number of methoxy groups -OCH3 is 1. The molecule has 0 heterocycles. The van der Waals surface area contributed by atoms with Crippen molar-refractivity contribution in [3.8, 4) is 5.75 Å². The van der Waals surface area contributed by atoms with Crippen LogP contribution in [0, 0.1) is 0 Å². The predicted octanol–water partition coefficient (Wildman–Crippen LogP) is 5.28. The largest absolute Gasteiger partial charge is 0.495 e. The average molecular weight is 341 g/mol. The Morgan fingerprint density at radius 3 is 2.63 bits per heavy atom. The molecule has 0 saturated carbocycles. The summed E-state index contributed by atoms with van der Waals surface area (Å²) in [6.45, 7) is 2.10. The highest BCUT2D eigenvalue weighted by molar-refractivity contribution is 9.10. The number of hydrogen-bond acceptors (Lipinski definition) is 2. The molecule has 2 nitrogen and oxygen atoms in total. The Morgan fingerprint density at radius 2 is 1.95 bits per heavy atom. The molecule has 0 aliphatic rings. The number of nitrogens with one attached hydrogen (secondary N) is 1. The third-order valence-corrected chi connectivity index (χ3v) is 3.86. The zero-order valence-electron chi connectivity index (χ0n) is 10.8. The van der Waals surface area contributed by atoms with E-state index in [9.17, 15) is 0 Å². The average Bonchev–Trinajstić information content (AvgIpc) is 2.39. The molecule has 0 radical (unpaired) electrons. The number of hydrogen-bond donors (Lipinski definition) is 1. The van der Waals surface area contributed by atoms with Gasteiger partial charge in [0.05, 0.1) is 12.8 Å². The van der Waals surface area contributed by atoms with Gasteiger partial charge < -0.3 is 10.1 Å². The molecule has 2 rings (SSSR count). The van der Waals surface area contributed by atoms with Gasteiger partial charge in [0.25, 0.3) is 0 Å². The topological polar surface area (TPSA) is 21.3 Å². The fourth-order valence-electron chi connectivity index (χ4n) is 1.93. The number of halogens is 2. The molecule has 0 aliphatic heterocycles. The van der Waals surface area contributed by atoms with Crippen LogP contribution in [0.2, 0.25) is 5.02 Å². The summed E-state index contributed by atoms with van der Waals surface area (Å²) in [6.07, 6.45) is 0. The van der Waals surface area contributed by atoms with E-state index in [0.717, 1.165) is 15.9 Å². The van der Waals surface area contributed by atoms with E-state index in [-0.39, 0.29) is 6.04 Å². The molecular formula is C15H15BrClNO.